The quantitative estimate of drug-likeness (QED) is 0.786. The first-order chi connectivity index (χ1) is 10.3. The molecule has 0 heterocycles. The summed E-state index contributed by atoms with van der Waals surface area (Å²) < 4.78 is 0. The highest BCUT2D eigenvalue weighted by Crippen LogP contribution is 2.35. The SMILES string of the molecule is Cc1ccccc1CSCC(=O)N(C1CCCC1)C1CC1. The Morgan fingerprint density at radius 3 is 2.48 bits per heavy atom. The number of hydrogen-bond acceptors (Lipinski definition) is 2. The van der Waals surface area contributed by atoms with E-state index in [0.717, 1.165) is 5.75 Å². The number of carbonyl (C=O) groups excluding carboxylic acids is 1. The highest BCUT2D eigenvalue weighted by atomic mass is 32.2. The molecule has 0 N–H and O–H groups in total. The fraction of sp³-hybridized carbons (Fsp3) is 0.611. The van der Waals surface area contributed by atoms with Gasteiger partial charge in [0.25, 0.3) is 0 Å². The Hall–Kier alpha value is -0.960. The third-order valence-electron chi connectivity index (χ3n) is 4.69. The van der Waals surface area contributed by atoms with Gasteiger partial charge in [0, 0.05) is 17.8 Å². The van der Waals surface area contributed by atoms with E-state index in [9.17, 15) is 4.79 Å². The van der Waals surface area contributed by atoms with E-state index in [0.29, 0.717) is 23.7 Å². The van der Waals surface area contributed by atoms with Crippen LogP contribution in [0.1, 0.15) is 49.7 Å². The summed E-state index contributed by atoms with van der Waals surface area (Å²) in [4.78, 5) is 14.8. The molecule has 2 aliphatic rings. The molecule has 21 heavy (non-hydrogen) atoms. The summed E-state index contributed by atoms with van der Waals surface area (Å²) >= 11 is 1.77. The van der Waals surface area contributed by atoms with Crippen molar-refractivity contribution < 1.29 is 4.79 Å². The zero-order valence-electron chi connectivity index (χ0n) is 12.9. The molecule has 0 unspecified atom stereocenters. The van der Waals surface area contributed by atoms with E-state index in [2.05, 4.69) is 36.1 Å². The van der Waals surface area contributed by atoms with E-state index >= 15 is 0 Å². The van der Waals surface area contributed by atoms with Crippen molar-refractivity contribution in [2.75, 3.05) is 5.75 Å². The molecular formula is C18H25NOS. The third kappa shape index (κ3) is 3.82. The number of aryl methyl sites for hydroxylation is 1. The van der Waals surface area contributed by atoms with Gasteiger partial charge in [0.2, 0.25) is 5.91 Å². The third-order valence-corrected chi connectivity index (χ3v) is 5.66. The van der Waals surface area contributed by atoms with Gasteiger partial charge < -0.3 is 4.90 Å². The maximum absolute atomic E-state index is 12.6. The average Bonchev–Trinajstić information content (AvgIpc) is 3.15. The average molecular weight is 303 g/mol. The van der Waals surface area contributed by atoms with Crippen LogP contribution < -0.4 is 0 Å². The van der Waals surface area contributed by atoms with E-state index in [-0.39, 0.29) is 0 Å². The molecule has 1 amide bonds. The standard InChI is InChI=1S/C18H25NOS/c1-14-6-2-3-7-15(14)12-21-13-18(20)19(17-10-11-17)16-8-4-5-9-16/h2-3,6-7,16-17H,4-5,8-13H2,1H3. The summed E-state index contributed by atoms with van der Waals surface area (Å²) in [6, 6.07) is 9.59. The van der Waals surface area contributed by atoms with Crippen molar-refractivity contribution in [3.63, 3.8) is 0 Å². The molecule has 0 aliphatic heterocycles. The van der Waals surface area contributed by atoms with Crippen molar-refractivity contribution in [1.29, 1.82) is 0 Å². The monoisotopic (exact) mass is 303 g/mol. The van der Waals surface area contributed by atoms with Gasteiger partial charge in [-0.15, -0.1) is 11.8 Å². The molecule has 3 heteroatoms. The van der Waals surface area contributed by atoms with Crippen LogP contribution in [0, 0.1) is 6.92 Å². The Morgan fingerprint density at radius 2 is 1.81 bits per heavy atom. The Labute approximate surface area is 132 Å². The van der Waals surface area contributed by atoms with Crippen molar-refractivity contribution >= 4 is 17.7 Å². The fourth-order valence-corrected chi connectivity index (χ4v) is 4.30. The summed E-state index contributed by atoms with van der Waals surface area (Å²) in [6.45, 7) is 2.15. The molecule has 2 saturated carbocycles. The van der Waals surface area contributed by atoms with Gasteiger partial charge in [0.1, 0.15) is 0 Å². The molecule has 2 nitrogen and oxygen atoms in total. The molecule has 0 spiro atoms. The van der Waals surface area contributed by atoms with E-state index in [1.54, 1.807) is 11.8 Å². The highest BCUT2D eigenvalue weighted by Gasteiger charge is 2.37. The topological polar surface area (TPSA) is 20.3 Å². The van der Waals surface area contributed by atoms with Crippen LogP contribution in [-0.4, -0.2) is 28.6 Å². The molecular weight excluding hydrogens is 278 g/mol. The first-order valence-corrected chi connectivity index (χ1v) is 9.34. The molecule has 114 valence electrons. The van der Waals surface area contributed by atoms with Crippen LogP contribution in [-0.2, 0) is 10.5 Å². The fourth-order valence-electron chi connectivity index (χ4n) is 3.34. The molecule has 1 aromatic rings. The minimum atomic E-state index is 0.378. The molecule has 0 saturated heterocycles. The van der Waals surface area contributed by atoms with Gasteiger partial charge in [-0.25, -0.2) is 0 Å². The smallest absolute Gasteiger partial charge is 0.233 e. The largest absolute Gasteiger partial charge is 0.336 e. The van der Waals surface area contributed by atoms with Crippen molar-refractivity contribution in [3.8, 4) is 0 Å². The van der Waals surface area contributed by atoms with Crippen molar-refractivity contribution in [2.45, 2.75) is 63.3 Å². The zero-order chi connectivity index (χ0) is 14.7. The molecule has 1 aromatic carbocycles. The lowest BCUT2D eigenvalue weighted by atomic mass is 10.1. The lowest BCUT2D eigenvalue weighted by Gasteiger charge is -2.29. The van der Waals surface area contributed by atoms with Crippen LogP contribution in [0.25, 0.3) is 0 Å². The summed E-state index contributed by atoms with van der Waals surface area (Å²) in [5.74, 6) is 1.96. The summed E-state index contributed by atoms with van der Waals surface area (Å²) in [7, 11) is 0. The Kier molecular flexibility index (Phi) is 4.89. The lowest BCUT2D eigenvalue weighted by Crippen LogP contribution is -2.41. The summed E-state index contributed by atoms with van der Waals surface area (Å²) in [5.41, 5.74) is 2.68. The van der Waals surface area contributed by atoms with Gasteiger partial charge in [0.15, 0.2) is 0 Å². The Bertz CT molecular complexity index is 492. The predicted octanol–water partition coefficient (Wildman–Crippen LogP) is 4.16. The van der Waals surface area contributed by atoms with Crippen LogP contribution in [0.2, 0.25) is 0 Å². The number of hydrogen-bond donors (Lipinski definition) is 0. The maximum atomic E-state index is 12.6. The van der Waals surface area contributed by atoms with Crippen molar-refractivity contribution in [3.05, 3.63) is 35.4 Å². The molecule has 0 radical (unpaired) electrons. The summed E-state index contributed by atoms with van der Waals surface area (Å²) in [5, 5.41) is 0. The number of thioether (sulfide) groups is 1. The number of carbonyl (C=O) groups is 1. The number of rotatable bonds is 6. The molecule has 3 rings (SSSR count). The number of benzene rings is 1. The van der Waals surface area contributed by atoms with Crippen LogP contribution in [0.4, 0.5) is 0 Å². The minimum Gasteiger partial charge on any atom is -0.336 e. The Morgan fingerprint density at radius 1 is 1.14 bits per heavy atom. The zero-order valence-corrected chi connectivity index (χ0v) is 13.7. The number of nitrogens with zero attached hydrogens (tertiary/aromatic N) is 1. The molecule has 2 aliphatic carbocycles. The normalized spacial score (nSPS) is 18.9. The van der Waals surface area contributed by atoms with E-state index in [1.807, 2.05) is 0 Å². The van der Waals surface area contributed by atoms with E-state index < -0.39 is 0 Å². The summed E-state index contributed by atoms with van der Waals surface area (Å²) in [6.07, 6.45) is 7.51. The van der Waals surface area contributed by atoms with E-state index in [1.165, 1.54) is 49.7 Å². The second-order valence-corrected chi connectivity index (χ2v) is 7.38. The predicted molar refractivity (Wildman–Crippen MR) is 89.5 cm³/mol. The van der Waals surface area contributed by atoms with Crippen molar-refractivity contribution in [1.82, 2.24) is 4.90 Å². The number of amides is 1. The molecule has 0 bridgehead atoms. The highest BCUT2D eigenvalue weighted by molar-refractivity contribution is 7.99. The van der Waals surface area contributed by atoms with Gasteiger partial charge in [0.05, 0.1) is 5.75 Å². The second-order valence-electron chi connectivity index (χ2n) is 6.39. The lowest BCUT2D eigenvalue weighted by molar-refractivity contribution is -0.131. The van der Waals surface area contributed by atoms with Crippen LogP contribution in [0.5, 0.6) is 0 Å². The van der Waals surface area contributed by atoms with Gasteiger partial charge in [-0.2, -0.15) is 0 Å². The van der Waals surface area contributed by atoms with Crippen LogP contribution >= 0.6 is 11.8 Å². The Balaban J connectivity index is 1.51. The van der Waals surface area contributed by atoms with Crippen molar-refractivity contribution in [2.24, 2.45) is 0 Å². The molecule has 0 atom stereocenters. The first kappa shape index (κ1) is 15.0. The maximum Gasteiger partial charge on any atom is 0.233 e. The van der Waals surface area contributed by atoms with Gasteiger partial charge in [-0.1, -0.05) is 37.1 Å². The first-order valence-electron chi connectivity index (χ1n) is 8.19. The molecule has 0 aromatic heterocycles. The van der Waals surface area contributed by atoms with Gasteiger partial charge in [-0.3, -0.25) is 4.79 Å². The van der Waals surface area contributed by atoms with E-state index in [4.69, 9.17) is 0 Å². The second kappa shape index (κ2) is 6.87. The molecule has 2 fully saturated rings. The van der Waals surface area contributed by atoms with Crippen LogP contribution in [0.3, 0.4) is 0 Å². The van der Waals surface area contributed by atoms with Gasteiger partial charge in [-0.05, 0) is 43.7 Å². The minimum absolute atomic E-state index is 0.378. The van der Waals surface area contributed by atoms with Gasteiger partial charge >= 0.3 is 0 Å². The van der Waals surface area contributed by atoms with Crippen LogP contribution in [0.15, 0.2) is 24.3 Å².